The summed E-state index contributed by atoms with van der Waals surface area (Å²) in [6.07, 6.45) is 7.00. The van der Waals surface area contributed by atoms with Gasteiger partial charge in [0.15, 0.2) is 0 Å². The molecule has 0 bridgehead atoms. The normalized spacial score (nSPS) is 8.77. The first-order valence-corrected chi connectivity index (χ1v) is 16.0. The van der Waals surface area contributed by atoms with Crippen LogP contribution < -0.4 is 20.4 Å². The number of para-hydroxylation sites is 4. The molecule has 6 rings (SSSR count). The standard InChI is InChI=1S/4C7H5NO4.2C5H5N.2Zn/c4*9-7(10)5-3-1-2-4-6(5)8(11)12;2*1-2-4-6-5-3-1;;/h4*1-4H,(H,9,10);2*1-5H;;/q;;;;;;2*+2/p-4. The van der Waals surface area contributed by atoms with Gasteiger partial charge in [-0.2, -0.15) is 0 Å². The average Bonchev–Trinajstić information content (AvgIpc) is 3.26. The summed E-state index contributed by atoms with van der Waals surface area (Å²) in [7, 11) is 0. The number of nitro groups is 4. The Kier molecular flexibility index (Phi) is 27.9. The summed E-state index contributed by atoms with van der Waals surface area (Å²) in [5.74, 6) is -6.16. The fraction of sp³-hybridized carbons (Fsp3) is 0. The Morgan fingerprint density at radius 3 is 0.597 bits per heavy atom. The molecule has 2 aromatic heterocycles. The van der Waals surface area contributed by atoms with Gasteiger partial charge in [-0.05, 0) is 48.5 Å². The van der Waals surface area contributed by atoms with Crippen molar-refractivity contribution < 1.29 is 98.3 Å². The van der Waals surface area contributed by atoms with E-state index in [9.17, 15) is 80.1 Å². The van der Waals surface area contributed by atoms with E-state index in [0.717, 1.165) is 48.5 Å². The zero-order valence-electron chi connectivity index (χ0n) is 31.6. The van der Waals surface area contributed by atoms with Crippen molar-refractivity contribution in [2.24, 2.45) is 0 Å². The largest absolute Gasteiger partial charge is 2.00 e. The Hall–Kier alpha value is -8.09. The molecule has 0 spiro atoms. The van der Waals surface area contributed by atoms with E-state index in [4.69, 9.17) is 0 Å². The SMILES string of the molecule is O=C([O-])c1ccccc1[N+](=O)[O-].O=C([O-])c1ccccc1[N+](=O)[O-].O=C([O-])c1ccccc1[N+](=O)[O-].O=C([O-])c1ccccc1[N+](=O)[O-].[Zn+2].[Zn+2].c1ccncc1.c1ccncc1. The van der Waals surface area contributed by atoms with E-state index in [1.54, 1.807) is 24.8 Å². The molecule has 6 aromatic rings. The van der Waals surface area contributed by atoms with Gasteiger partial charge >= 0.3 is 39.0 Å². The van der Waals surface area contributed by atoms with Crippen molar-refractivity contribution in [3.8, 4) is 0 Å². The van der Waals surface area contributed by atoms with Crippen molar-refractivity contribution in [1.29, 1.82) is 0 Å². The van der Waals surface area contributed by atoms with Crippen molar-refractivity contribution >= 4 is 46.6 Å². The van der Waals surface area contributed by atoms with Crippen LogP contribution >= 0.6 is 0 Å². The van der Waals surface area contributed by atoms with Crippen molar-refractivity contribution in [2.45, 2.75) is 0 Å². The fourth-order valence-electron chi connectivity index (χ4n) is 3.85. The third kappa shape index (κ3) is 21.1. The molecule has 0 saturated heterocycles. The molecule has 0 radical (unpaired) electrons. The number of pyridine rings is 2. The summed E-state index contributed by atoms with van der Waals surface area (Å²) in [5, 5.41) is 82.2. The van der Waals surface area contributed by atoms with E-state index in [1.807, 2.05) is 36.4 Å². The van der Waals surface area contributed by atoms with Crippen LogP contribution in [0.2, 0.25) is 0 Å². The Morgan fingerprint density at radius 1 is 0.323 bits per heavy atom. The van der Waals surface area contributed by atoms with Gasteiger partial charge in [-0.15, -0.1) is 0 Å². The van der Waals surface area contributed by atoms with Gasteiger partial charge in [-0.3, -0.25) is 50.4 Å². The van der Waals surface area contributed by atoms with E-state index < -0.39 is 88.6 Å². The molecule has 0 atom stereocenters. The quantitative estimate of drug-likeness (QED) is 0.120. The van der Waals surface area contributed by atoms with Crippen molar-refractivity contribution in [3.05, 3.63) is 221 Å². The average molecular weight is 953 g/mol. The molecule has 22 nitrogen and oxygen atoms in total. The van der Waals surface area contributed by atoms with Crippen LogP contribution in [0.3, 0.4) is 0 Å². The van der Waals surface area contributed by atoms with Crippen molar-refractivity contribution in [3.63, 3.8) is 0 Å². The number of aromatic carboxylic acids is 4. The summed E-state index contributed by atoms with van der Waals surface area (Å²) in [5.41, 5.74) is -3.39. The second-order valence-corrected chi connectivity index (χ2v) is 10.3. The summed E-state index contributed by atoms with van der Waals surface area (Å²) in [6, 6.07) is 31.6. The van der Waals surface area contributed by atoms with Gasteiger partial charge in [0.1, 0.15) is 0 Å². The molecule has 0 saturated carbocycles. The number of aromatic nitrogens is 2. The second-order valence-electron chi connectivity index (χ2n) is 10.3. The summed E-state index contributed by atoms with van der Waals surface area (Å²) >= 11 is 0. The van der Waals surface area contributed by atoms with Gasteiger partial charge in [0.05, 0.1) is 65.8 Å². The number of carboxylic acid groups (broad SMARTS) is 4. The van der Waals surface area contributed by atoms with E-state index in [-0.39, 0.29) is 39.0 Å². The van der Waals surface area contributed by atoms with E-state index in [1.165, 1.54) is 48.5 Å². The maximum Gasteiger partial charge on any atom is 2.00 e. The Labute approximate surface area is 374 Å². The van der Waals surface area contributed by atoms with Gasteiger partial charge < -0.3 is 39.6 Å². The molecule has 0 aliphatic rings. The number of nitro benzene ring substituents is 4. The molecule has 62 heavy (non-hydrogen) atoms. The van der Waals surface area contributed by atoms with Gasteiger partial charge in [0.2, 0.25) is 0 Å². The summed E-state index contributed by atoms with van der Waals surface area (Å²) in [6.45, 7) is 0. The number of nitrogens with zero attached hydrogens (tertiary/aromatic N) is 6. The number of rotatable bonds is 8. The minimum Gasteiger partial charge on any atom is -0.545 e. The maximum atomic E-state index is 10.3. The summed E-state index contributed by atoms with van der Waals surface area (Å²) < 4.78 is 0. The van der Waals surface area contributed by atoms with Crippen molar-refractivity contribution in [1.82, 2.24) is 9.97 Å². The Balaban J connectivity index is 0. The van der Waals surface area contributed by atoms with Crippen molar-refractivity contribution in [2.75, 3.05) is 0 Å². The molecular weight excluding hydrogens is 927 g/mol. The number of hydrogen-bond acceptors (Lipinski definition) is 18. The monoisotopic (exact) mass is 950 g/mol. The van der Waals surface area contributed by atoms with E-state index in [2.05, 4.69) is 9.97 Å². The molecule has 0 fully saturated rings. The third-order valence-corrected chi connectivity index (χ3v) is 6.42. The first kappa shape index (κ1) is 56.0. The topological polar surface area (TPSA) is 359 Å². The third-order valence-electron chi connectivity index (χ3n) is 6.42. The molecule has 0 unspecified atom stereocenters. The van der Waals surface area contributed by atoms with Crippen LogP contribution in [0.1, 0.15) is 41.4 Å². The van der Waals surface area contributed by atoms with E-state index in [0.29, 0.717) is 0 Å². The Bertz CT molecular complexity index is 1910. The van der Waals surface area contributed by atoms with Crippen LogP contribution in [0.15, 0.2) is 158 Å². The minimum absolute atomic E-state index is 0. The molecule has 308 valence electrons. The van der Waals surface area contributed by atoms with Gasteiger partial charge in [-0.1, -0.05) is 60.7 Å². The molecule has 0 N–H and O–H groups in total. The van der Waals surface area contributed by atoms with Crippen LogP contribution in [0.5, 0.6) is 0 Å². The number of hydrogen-bond donors (Lipinski definition) is 0. The Morgan fingerprint density at radius 2 is 0.500 bits per heavy atom. The first-order chi connectivity index (χ1) is 28.5. The fourth-order valence-corrected chi connectivity index (χ4v) is 3.85. The zero-order valence-corrected chi connectivity index (χ0v) is 37.6. The van der Waals surface area contributed by atoms with Gasteiger partial charge in [0, 0.05) is 49.1 Å². The van der Waals surface area contributed by atoms with Crippen LogP contribution in [0.4, 0.5) is 22.7 Å². The van der Waals surface area contributed by atoms with Gasteiger partial charge in [0.25, 0.3) is 22.7 Å². The predicted octanol–water partition coefficient (Wildman–Crippen LogP) is 1.99. The van der Waals surface area contributed by atoms with E-state index >= 15 is 0 Å². The molecule has 2 heterocycles. The number of carbonyl (C=O) groups excluding carboxylic acids is 4. The molecular formula is C38H26N6O16Zn2. The zero-order chi connectivity index (χ0) is 45.0. The van der Waals surface area contributed by atoms with Gasteiger partial charge in [-0.25, -0.2) is 0 Å². The molecule has 0 aliphatic heterocycles. The minimum atomic E-state index is -1.54. The number of carbonyl (C=O) groups is 4. The predicted molar refractivity (Wildman–Crippen MR) is 198 cm³/mol. The number of benzene rings is 4. The number of carboxylic acids is 4. The van der Waals surface area contributed by atoms with Crippen LogP contribution in [-0.4, -0.2) is 53.5 Å². The maximum absolute atomic E-state index is 10.3. The smallest absolute Gasteiger partial charge is 0.545 e. The summed E-state index contributed by atoms with van der Waals surface area (Å²) in [4.78, 5) is 86.7. The molecule has 24 heteroatoms. The van der Waals surface area contributed by atoms with Crippen LogP contribution in [-0.2, 0) is 39.0 Å². The molecule has 4 aromatic carbocycles. The molecule has 0 amide bonds. The molecule has 0 aliphatic carbocycles. The first-order valence-electron chi connectivity index (χ1n) is 16.0. The van der Waals surface area contributed by atoms with Crippen LogP contribution in [0.25, 0.3) is 0 Å². The van der Waals surface area contributed by atoms with Crippen LogP contribution in [0, 0.1) is 40.5 Å². The second kappa shape index (κ2) is 30.9.